The summed E-state index contributed by atoms with van der Waals surface area (Å²) in [5.41, 5.74) is 5.41. The Morgan fingerprint density at radius 1 is 0.865 bits per heavy atom. The molecule has 1 aromatic rings. The van der Waals surface area contributed by atoms with Crippen molar-refractivity contribution in [2.45, 2.75) is 104 Å². The third-order valence-corrected chi connectivity index (χ3v) is 5.42. The molecule has 1 unspecified atom stereocenters. The van der Waals surface area contributed by atoms with Crippen LogP contribution in [0.25, 0.3) is 0 Å². The van der Waals surface area contributed by atoms with Crippen LogP contribution in [-0.2, 0) is 35.0 Å². The highest BCUT2D eigenvalue weighted by molar-refractivity contribution is 5.81. The summed E-state index contributed by atoms with van der Waals surface area (Å²) in [6.07, 6.45) is 1.11. The van der Waals surface area contributed by atoms with Crippen LogP contribution >= 0.6 is 0 Å². The SMILES string of the molecule is CCCC(=O)Oc1ccc(CC(N)(C[C@H](C)OC(=O)O[C@@H](C)CCC)C(=O)OC)cc1OC(=O)CCC. The van der Waals surface area contributed by atoms with Crippen molar-refractivity contribution >= 4 is 24.1 Å². The number of carbonyl (C=O) groups is 4. The second kappa shape index (κ2) is 15.9. The van der Waals surface area contributed by atoms with Gasteiger partial charge in [-0.1, -0.05) is 33.3 Å². The minimum Gasteiger partial charge on any atom is -0.468 e. The fraction of sp³-hybridized carbons (Fsp3) is 0.630. The van der Waals surface area contributed by atoms with Gasteiger partial charge in [-0.05, 0) is 50.8 Å². The van der Waals surface area contributed by atoms with E-state index in [9.17, 15) is 19.2 Å². The summed E-state index contributed by atoms with van der Waals surface area (Å²) in [7, 11) is 1.21. The van der Waals surface area contributed by atoms with Crippen LogP contribution in [0, 0.1) is 0 Å². The maximum Gasteiger partial charge on any atom is 0.508 e. The summed E-state index contributed by atoms with van der Waals surface area (Å²) in [5, 5.41) is 0. The Bertz CT molecular complexity index is 917. The van der Waals surface area contributed by atoms with Crippen LogP contribution in [0.3, 0.4) is 0 Å². The van der Waals surface area contributed by atoms with Crippen LogP contribution in [0.2, 0.25) is 0 Å². The zero-order chi connectivity index (χ0) is 28.0. The molecule has 10 heteroatoms. The van der Waals surface area contributed by atoms with Gasteiger partial charge in [0.15, 0.2) is 11.5 Å². The van der Waals surface area contributed by atoms with Crippen LogP contribution in [0.15, 0.2) is 18.2 Å². The van der Waals surface area contributed by atoms with Gasteiger partial charge in [0, 0.05) is 25.7 Å². The standard InChI is InChI=1S/C27H41NO9/c1-7-10-18(4)34-26(32)35-19(5)16-27(28,25(31)33-6)17-20-13-14-21(36-23(29)11-8-2)22(15-20)37-24(30)12-9-3/h13-15,18-19H,7-12,16-17,28H2,1-6H3/t18-,19-,27?/m0/s1. The van der Waals surface area contributed by atoms with Crippen molar-refractivity contribution in [2.75, 3.05) is 7.11 Å². The predicted molar refractivity (Wildman–Crippen MR) is 136 cm³/mol. The first kappa shape index (κ1) is 31.9. The van der Waals surface area contributed by atoms with Crippen molar-refractivity contribution in [1.82, 2.24) is 0 Å². The largest absolute Gasteiger partial charge is 0.508 e. The first-order chi connectivity index (χ1) is 17.5. The maximum atomic E-state index is 12.7. The molecule has 0 aliphatic rings. The molecule has 1 rings (SSSR count). The Labute approximate surface area is 219 Å². The minimum absolute atomic E-state index is 0.0316. The van der Waals surface area contributed by atoms with Crippen molar-refractivity contribution in [1.29, 1.82) is 0 Å². The van der Waals surface area contributed by atoms with Crippen LogP contribution in [-0.4, -0.2) is 48.9 Å². The fourth-order valence-electron chi connectivity index (χ4n) is 3.75. The quantitative estimate of drug-likeness (QED) is 0.255. The molecule has 0 fully saturated rings. The molecule has 0 saturated heterocycles. The normalized spacial score (nSPS) is 14.0. The highest BCUT2D eigenvalue weighted by atomic mass is 16.7. The Balaban J connectivity index is 3.14. The van der Waals surface area contributed by atoms with Crippen molar-refractivity contribution in [3.63, 3.8) is 0 Å². The molecule has 0 heterocycles. The summed E-state index contributed by atoms with van der Waals surface area (Å²) in [4.78, 5) is 49.0. The van der Waals surface area contributed by atoms with Gasteiger partial charge in [-0.25, -0.2) is 4.79 Å². The van der Waals surface area contributed by atoms with Gasteiger partial charge in [0.25, 0.3) is 0 Å². The summed E-state index contributed by atoms with van der Waals surface area (Å²) in [5.74, 6) is -1.52. The van der Waals surface area contributed by atoms with Crippen LogP contribution < -0.4 is 15.2 Å². The van der Waals surface area contributed by atoms with Gasteiger partial charge in [0.1, 0.15) is 17.7 Å². The highest BCUT2D eigenvalue weighted by Crippen LogP contribution is 2.32. The van der Waals surface area contributed by atoms with E-state index in [-0.39, 0.29) is 43.3 Å². The maximum absolute atomic E-state index is 12.7. The zero-order valence-electron chi connectivity index (χ0n) is 22.8. The monoisotopic (exact) mass is 523 g/mol. The molecule has 2 N–H and O–H groups in total. The number of rotatable bonds is 15. The van der Waals surface area contributed by atoms with Crippen LogP contribution in [0.5, 0.6) is 11.5 Å². The summed E-state index contributed by atoms with van der Waals surface area (Å²) < 4.78 is 26.2. The van der Waals surface area contributed by atoms with Crippen molar-refractivity contribution in [3.05, 3.63) is 23.8 Å². The Morgan fingerprint density at radius 3 is 1.97 bits per heavy atom. The molecular weight excluding hydrogens is 482 g/mol. The third kappa shape index (κ3) is 11.2. The third-order valence-electron chi connectivity index (χ3n) is 5.42. The Morgan fingerprint density at radius 2 is 1.43 bits per heavy atom. The number of methoxy groups -OCH3 is 1. The number of hydrogen-bond acceptors (Lipinski definition) is 10. The van der Waals surface area contributed by atoms with Gasteiger partial charge in [0.05, 0.1) is 7.11 Å². The second-order valence-corrected chi connectivity index (χ2v) is 9.15. The lowest BCUT2D eigenvalue weighted by molar-refractivity contribution is -0.148. The van der Waals surface area contributed by atoms with Crippen LogP contribution in [0.4, 0.5) is 4.79 Å². The van der Waals surface area contributed by atoms with Crippen molar-refractivity contribution < 1.29 is 42.9 Å². The van der Waals surface area contributed by atoms with Crippen molar-refractivity contribution in [3.8, 4) is 11.5 Å². The van der Waals surface area contributed by atoms with Crippen LogP contribution in [0.1, 0.15) is 85.1 Å². The number of esters is 3. The van der Waals surface area contributed by atoms with E-state index in [0.29, 0.717) is 24.8 Å². The average molecular weight is 524 g/mol. The molecular formula is C27H41NO9. The molecule has 0 spiro atoms. The highest BCUT2D eigenvalue weighted by Gasteiger charge is 2.38. The molecule has 0 aliphatic carbocycles. The lowest BCUT2D eigenvalue weighted by Crippen LogP contribution is -2.53. The molecule has 0 bridgehead atoms. The topological polar surface area (TPSA) is 140 Å². The Kier molecular flexibility index (Phi) is 13.7. The summed E-state index contributed by atoms with van der Waals surface area (Å²) >= 11 is 0. The van der Waals surface area contributed by atoms with E-state index in [1.54, 1.807) is 19.9 Å². The smallest absolute Gasteiger partial charge is 0.468 e. The van der Waals surface area contributed by atoms with E-state index in [4.69, 9.17) is 29.4 Å². The van der Waals surface area contributed by atoms with E-state index in [1.807, 2.05) is 20.8 Å². The van der Waals surface area contributed by atoms with E-state index in [1.165, 1.54) is 19.2 Å². The van der Waals surface area contributed by atoms with Gasteiger partial charge in [0.2, 0.25) is 0 Å². The zero-order valence-corrected chi connectivity index (χ0v) is 22.8. The lowest BCUT2D eigenvalue weighted by Gasteiger charge is -2.29. The van der Waals surface area contributed by atoms with E-state index in [0.717, 1.165) is 6.42 Å². The molecule has 0 amide bonds. The molecule has 10 nitrogen and oxygen atoms in total. The number of hydrogen-bond donors (Lipinski definition) is 1. The first-order valence-electron chi connectivity index (χ1n) is 12.8. The molecule has 208 valence electrons. The summed E-state index contributed by atoms with van der Waals surface area (Å²) in [6.45, 7) is 9.03. The number of nitrogens with two attached hydrogens (primary N) is 1. The molecule has 1 aromatic carbocycles. The summed E-state index contributed by atoms with van der Waals surface area (Å²) in [6, 6.07) is 4.60. The first-order valence-corrected chi connectivity index (χ1v) is 12.8. The average Bonchev–Trinajstić information content (AvgIpc) is 2.80. The molecule has 3 atom stereocenters. The second-order valence-electron chi connectivity index (χ2n) is 9.15. The van der Waals surface area contributed by atoms with E-state index >= 15 is 0 Å². The molecule has 0 saturated carbocycles. The van der Waals surface area contributed by atoms with Gasteiger partial charge >= 0.3 is 24.1 Å². The minimum atomic E-state index is -1.57. The molecule has 0 aromatic heterocycles. The van der Waals surface area contributed by atoms with Gasteiger partial charge in [-0.3, -0.25) is 14.4 Å². The molecule has 0 radical (unpaired) electrons. The Hall–Kier alpha value is -3.14. The van der Waals surface area contributed by atoms with E-state index < -0.39 is 35.7 Å². The molecule has 0 aliphatic heterocycles. The lowest BCUT2D eigenvalue weighted by atomic mass is 9.86. The number of ether oxygens (including phenoxy) is 5. The van der Waals surface area contributed by atoms with E-state index in [2.05, 4.69) is 0 Å². The van der Waals surface area contributed by atoms with Gasteiger partial charge in [-0.15, -0.1) is 0 Å². The fourth-order valence-corrected chi connectivity index (χ4v) is 3.75. The van der Waals surface area contributed by atoms with Gasteiger partial charge < -0.3 is 29.4 Å². The number of benzene rings is 1. The molecule has 37 heavy (non-hydrogen) atoms. The van der Waals surface area contributed by atoms with Gasteiger partial charge in [-0.2, -0.15) is 0 Å². The number of carbonyl (C=O) groups excluding carboxylic acids is 4. The van der Waals surface area contributed by atoms with Crippen molar-refractivity contribution in [2.24, 2.45) is 5.73 Å². The predicted octanol–water partition coefficient (Wildman–Crippen LogP) is 4.63.